The highest BCUT2D eigenvalue weighted by molar-refractivity contribution is 6.63. The molecule has 0 spiro atoms. The molecule has 5 heteroatoms. The van der Waals surface area contributed by atoms with Crippen molar-refractivity contribution in [3.63, 3.8) is 0 Å². The van der Waals surface area contributed by atoms with E-state index in [1.54, 1.807) is 6.08 Å². The predicted molar refractivity (Wildman–Crippen MR) is 97.9 cm³/mol. The van der Waals surface area contributed by atoms with Crippen molar-refractivity contribution in [1.82, 2.24) is 0 Å². The maximum Gasteiger partial charge on any atom is 0.494 e. The molecular weight excluding hydrogens is 301 g/mol. The van der Waals surface area contributed by atoms with Crippen molar-refractivity contribution >= 4 is 30.1 Å². The molecule has 24 heavy (non-hydrogen) atoms. The topological polar surface area (TPSA) is 38.8 Å². The highest BCUT2D eigenvalue weighted by atomic mass is 16.6. The molecule has 2 aromatic rings. The summed E-state index contributed by atoms with van der Waals surface area (Å²) in [6.45, 7) is 1.11. The first kappa shape index (κ1) is 16.5. The fraction of sp³-hybridized carbons (Fsp3) is 0.211. The molecule has 4 nitrogen and oxygen atoms in total. The van der Waals surface area contributed by atoms with Crippen LogP contribution in [0.2, 0.25) is 0 Å². The van der Waals surface area contributed by atoms with Crippen LogP contribution in [0.4, 0.5) is 5.69 Å². The molecule has 1 saturated heterocycles. The lowest BCUT2D eigenvalue weighted by Crippen LogP contribution is -2.35. The van der Waals surface area contributed by atoms with Gasteiger partial charge in [0, 0.05) is 25.3 Å². The summed E-state index contributed by atoms with van der Waals surface area (Å²) in [4.78, 5) is 14.6. The first-order valence-corrected chi connectivity index (χ1v) is 7.97. The van der Waals surface area contributed by atoms with Crippen LogP contribution >= 0.6 is 0 Å². The standard InChI is InChI=1S/C19H20BNO3/c1-21(2)16-10-7-15(8-11-16)9-12-19(22)17-5-3-4-6-18(17)20-23-13-14-24-20/h3-12H,13-14H2,1-2H3/b12-9+. The Bertz CT molecular complexity index is 735. The number of hydrogen-bond donors (Lipinski definition) is 0. The summed E-state index contributed by atoms with van der Waals surface area (Å²) >= 11 is 0. The van der Waals surface area contributed by atoms with Gasteiger partial charge in [0.15, 0.2) is 5.78 Å². The van der Waals surface area contributed by atoms with Crippen LogP contribution < -0.4 is 10.4 Å². The molecule has 2 aromatic carbocycles. The molecule has 0 amide bonds. The highest BCUT2D eigenvalue weighted by Crippen LogP contribution is 2.14. The zero-order valence-electron chi connectivity index (χ0n) is 13.9. The van der Waals surface area contributed by atoms with E-state index in [1.165, 1.54) is 0 Å². The molecule has 0 bridgehead atoms. The average molecular weight is 321 g/mol. The zero-order chi connectivity index (χ0) is 16.9. The predicted octanol–water partition coefficient (Wildman–Crippen LogP) is 2.39. The average Bonchev–Trinajstić information content (AvgIpc) is 3.14. The number of hydrogen-bond acceptors (Lipinski definition) is 4. The van der Waals surface area contributed by atoms with Gasteiger partial charge >= 0.3 is 7.12 Å². The van der Waals surface area contributed by atoms with Gasteiger partial charge in [0.1, 0.15) is 0 Å². The van der Waals surface area contributed by atoms with Crippen molar-refractivity contribution in [2.24, 2.45) is 0 Å². The lowest BCUT2D eigenvalue weighted by Gasteiger charge is -2.11. The monoisotopic (exact) mass is 321 g/mol. The summed E-state index contributed by atoms with van der Waals surface area (Å²) in [6.07, 6.45) is 3.42. The number of ketones is 1. The Labute approximate surface area is 142 Å². The molecule has 0 atom stereocenters. The molecule has 0 radical (unpaired) electrons. The molecule has 3 rings (SSSR count). The zero-order valence-corrected chi connectivity index (χ0v) is 13.9. The van der Waals surface area contributed by atoms with Crippen LogP contribution in [0.3, 0.4) is 0 Å². The van der Waals surface area contributed by atoms with Crippen molar-refractivity contribution in [2.45, 2.75) is 0 Å². The maximum atomic E-state index is 12.6. The van der Waals surface area contributed by atoms with Crippen molar-refractivity contribution in [2.75, 3.05) is 32.2 Å². The van der Waals surface area contributed by atoms with Crippen LogP contribution in [0, 0.1) is 0 Å². The number of allylic oxidation sites excluding steroid dienone is 1. The Morgan fingerprint density at radius 1 is 1.04 bits per heavy atom. The van der Waals surface area contributed by atoms with E-state index in [0.717, 1.165) is 16.7 Å². The van der Waals surface area contributed by atoms with Gasteiger partial charge < -0.3 is 14.2 Å². The first-order valence-electron chi connectivity index (χ1n) is 7.97. The van der Waals surface area contributed by atoms with Crippen LogP contribution in [-0.2, 0) is 9.31 Å². The van der Waals surface area contributed by atoms with E-state index in [9.17, 15) is 4.79 Å². The third-order valence-electron chi connectivity index (χ3n) is 3.94. The number of benzene rings is 2. The largest absolute Gasteiger partial charge is 0.494 e. The summed E-state index contributed by atoms with van der Waals surface area (Å²) in [6, 6.07) is 15.5. The molecule has 1 heterocycles. The molecule has 0 aliphatic carbocycles. The normalized spacial score (nSPS) is 14.3. The second-order valence-electron chi connectivity index (χ2n) is 5.84. The van der Waals surface area contributed by atoms with E-state index >= 15 is 0 Å². The van der Waals surface area contributed by atoms with Crippen LogP contribution in [0.5, 0.6) is 0 Å². The molecular formula is C19H20BNO3. The van der Waals surface area contributed by atoms with Gasteiger partial charge in [-0.05, 0) is 29.2 Å². The quantitative estimate of drug-likeness (QED) is 0.482. The number of carbonyl (C=O) groups excluding carboxylic acids is 1. The van der Waals surface area contributed by atoms with Gasteiger partial charge in [0.25, 0.3) is 0 Å². The smallest absolute Gasteiger partial charge is 0.405 e. The van der Waals surface area contributed by atoms with E-state index in [2.05, 4.69) is 0 Å². The lowest BCUT2D eigenvalue weighted by molar-refractivity contribution is 0.104. The van der Waals surface area contributed by atoms with Gasteiger partial charge in [-0.1, -0.05) is 42.5 Å². The van der Waals surface area contributed by atoms with E-state index in [-0.39, 0.29) is 5.78 Å². The van der Waals surface area contributed by atoms with Crippen molar-refractivity contribution in [1.29, 1.82) is 0 Å². The SMILES string of the molecule is CN(C)c1ccc(/C=C/C(=O)c2ccccc2B2OCCO2)cc1. The lowest BCUT2D eigenvalue weighted by atomic mass is 9.75. The van der Waals surface area contributed by atoms with Crippen molar-refractivity contribution in [3.05, 3.63) is 65.7 Å². The number of carbonyl (C=O) groups is 1. The third kappa shape index (κ3) is 3.75. The molecule has 1 fully saturated rings. The number of anilines is 1. The Balaban J connectivity index is 1.77. The Kier molecular flexibility index (Phi) is 5.13. The molecule has 0 unspecified atom stereocenters. The molecule has 122 valence electrons. The van der Waals surface area contributed by atoms with Gasteiger partial charge in [-0.15, -0.1) is 0 Å². The summed E-state index contributed by atoms with van der Waals surface area (Å²) in [7, 11) is 3.55. The maximum absolute atomic E-state index is 12.6. The fourth-order valence-electron chi connectivity index (χ4n) is 2.61. The van der Waals surface area contributed by atoms with Gasteiger partial charge in [-0.2, -0.15) is 0 Å². The third-order valence-corrected chi connectivity index (χ3v) is 3.94. The molecule has 1 aliphatic rings. The van der Waals surface area contributed by atoms with E-state index < -0.39 is 7.12 Å². The summed E-state index contributed by atoms with van der Waals surface area (Å²) < 4.78 is 11.0. The highest BCUT2D eigenvalue weighted by Gasteiger charge is 2.29. The van der Waals surface area contributed by atoms with Gasteiger partial charge in [0.2, 0.25) is 0 Å². The molecule has 0 N–H and O–H groups in total. The van der Waals surface area contributed by atoms with Crippen LogP contribution in [-0.4, -0.2) is 40.2 Å². The summed E-state index contributed by atoms with van der Waals surface area (Å²) in [5.41, 5.74) is 3.51. The van der Waals surface area contributed by atoms with E-state index in [4.69, 9.17) is 9.31 Å². The summed E-state index contributed by atoms with van der Waals surface area (Å²) in [5, 5.41) is 0. The van der Waals surface area contributed by atoms with Crippen LogP contribution in [0.25, 0.3) is 6.08 Å². The Morgan fingerprint density at radius 2 is 1.71 bits per heavy atom. The second-order valence-corrected chi connectivity index (χ2v) is 5.84. The van der Waals surface area contributed by atoms with Crippen molar-refractivity contribution < 1.29 is 14.1 Å². The Hall–Kier alpha value is -2.37. The van der Waals surface area contributed by atoms with Crippen LogP contribution in [0.15, 0.2) is 54.6 Å². The van der Waals surface area contributed by atoms with Crippen molar-refractivity contribution in [3.8, 4) is 0 Å². The van der Waals surface area contributed by atoms with Crippen LogP contribution in [0.1, 0.15) is 15.9 Å². The van der Waals surface area contributed by atoms with E-state index in [0.29, 0.717) is 18.8 Å². The minimum Gasteiger partial charge on any atom is -0.405 e. The number of rotatable bonds is 5. The number of nitrogens with zero attached hydrogens (tertiary/aromatic N) is 1. The first-order chi connectivity index (χ1) is 11.6. The fourth-order valence-corrected chi connectivity index (χ4v) is 2.61. The van der Waals surface area contributed by atoms with Gasteiger partial charge in [0.05, 0.1) is 13.2 Å². The second kappa shape index (κ2) is 7.47. The minimum atomic E-state index is -0.446. The Morgan fingerprint density at radius 3 is 2.38 bits per heavy atom. The van der Waals surface area contributed by atoms with E-state index in [1.807, 2.05) is 73.6 Å². The van der Waals surface area contributed by atoms with Gasteiger partial charge in [-0.3, -0.25) is 4.79 Å². The van der Waals surface area contributed by atoms with Gasteiger partial charge in [-0.25, -0.2) is 0 Å². The molecule has 1 aliphatic heterocycles. The minimum absolute atomic E-state index is 0.0543. The summed E-state index contributed by atoms with van der Waals surface area (Å²) in [5.74, 6) is -0.0543. The molecule has 0 aromatic heterocycles. The molecule has 0 saturated carbocycles.